The van der Waals surface area contributed by atoms with Crippen LogP contribution in [0.25, 0.3) is 123 Å². The van der Waals surface area contributed by atoms with Crippen molar-refractivity contribution >= 4 is 43.6 Å². The molecule has 13 aromatic rings. The Labute approximate surface area is 392 Å². The minimum Gasteiger partial charge on any atom is -0.309 e. The number of benzene rings is 9. The second-order valence-electron chi connectivity index (χ2n) is 17.0. The lowest BCUT2D eigenvalue weighted by atomic mass is 9.97. The van der Waals surface area contributed by atoms with Crippen LogP contribution in [0.1, 0.15) is 0 Å². The molecular weight excluding hydrogens is 829 g/mol. The molecule has 4 aromatic heterocycles. The van der Waals surface area contributed by atoms with Crippen LogP contribution in [0.3, 0.4) is 0 Å². The van der Waals surface area contributed by atoms with Crippen molar-refractivity contribution in [2.24, 2.45) is 0 Å². The molecule has 6 heteroatoms. The molecule has 13 rings (SSSR count). The van der Waals surface area contributed by atoms with E-state index < -0.39 is 0 Å². The summed E-state index contributed by atoms with van der Waals surface area (Å²) in [5.74, 6) is 1.80. The van der Waals surface area contributed by atoms with Crippen molar-refractivity contribution in [3.8, 4) is 79.2 Å². The lowest BCUT2D eigenvalue weighted by molar-refractivity contribution is 0.953. The van der Waals surface area contributed by atoms with Crippen molar-refractivity contribution in [3.63, 3.8) is 0 Å². The number of aromatic nitrogens is 6. The zero-order valence-corrected chi connectivity index (χ0v) is 36.8. The van der Waals surface area contributed by atoms with E-state index in [1.165, 1.54) is 10.9 Å². The van der Waals surface area contributed by atoms with Gasteiger partial charge in [0.25, 0.3) is 0 Å². The highest BCUT2D eigenvalue weighted by Crippen LogP contribution is 2.44. The maximum atomic E-state index is 5.34. The molecule has 0 saturated heterocycles. The third kappa shape index (κ3) is 6.66. The zero-order chi connectivity index (χ0) is 45.0. The number of nitrogens with zero attached hydrogens (tertiary/aromatic N) is 6. The summed E-state index contributed by atoms with van der Waals surface area (Å²) in [7, 11) is 0. The van der Waals surface area contributed by atoms with Gasteiger partial charge >= 0.3 is 0 Å². The maximum Gasteiger partial charge on any atom is 0.238 e. The summed E-state index contributed by atoms with van der Waals surface area (Å²) in [4.78, 5) is 20.8. The van der Waals surface area contributed by atoms with E-state index in [-0.39, 0.29) is 0 Å². The molecule has 68 heavy (non-hydrogen) atoms. The van der Waals surface area contributed by atoms with Gasteiger partial charge in [0.1, 0.15) is 0 Å². The normalized spacial score (nSPS) is 11.5. The lowest BCUT2D eigenvalue weighted by Gasteiger charge is -2.16. The zero-order valence-electron chi connectivity index (χ0n) is 36.8. The minimum absolute atomic E-state index is 0.564. The van der Waals surface area contributed by atoms with Crippen molar-refractivity contribution in [3.05, 3.63) is 243 Å². The number of para-hydroxylation sites is 3. The van der Waals surface area contributed by atoms with Crippen LogP contribution in [0.15, 0.2) is 243 Å². The quantitative estimate of drug-likeness (QED) is 0.153. The molecule has 0 atom stereocenters. The van der Waals surface area contributed by atoms with Crippen molar-refractivity contribution in [2.75, 3.05) is 0 Å². The topological polar surface area (TPSA) is 61.4 Å². The third-order valence-corrected chi connectivity index (χ3v) is 13.0. The van der Waals surface area contributed by atoms with Gasteiger partial charge in [0.15, 0.2) is 11.6 Å². The summed E-state index contributed by atoms with van der Waals surface area (Å²) in [5.41, 5.74) is 15.6. The van der Waals surface area contributed by atoms with Gasteiger partial charge in [-0.05, 0) is 65.2 Å². The summed E-state index contributed by atoms with van der Waals surface area (Å²) >= 11 is 0. The first-order valence-electron chi connectivity index (χ1n) is 22.9. The van der Waals surface area contributed by atoms with E-state index in [1.54, 1.807) is 0 Å². The Kier molecular flexibility index (Phi) is 9.39. The Morgan fingerprint density at radius 2 is 0.721 bits per heavy atom. The molecule has 0 unspecified atom stereocenters. The molecule has 0 bridgehead atoms. The molecule has 0 N–H and O–H groups in total. The summed E-state index contributed by atoms with van der Waals surface area (Å²) < 4.78 is 4.65. The number of hydrogen-bond donors (Lipinski definition) is 0. The van der Waals surface area contributed by atoms with Gasteiger partial charge in [-0.1, -0.05) is 194 Å². The summed E-state index contributed by atoms with van der Waals surface area (Å²) in [5, 5.41) is 4.59. The molecule has 0 aliphatic carbocycles. The summed E-state index contributed by atoms with van der Waals surface area (Å²) in [6.45, 7) is 0. The van der Waals surface area contributed by atoms with Gasteiger partial charge in [0.2, 0.25) is 5.95 Å². The molecule has 4 heterocycles. The highest BCUT2D eigenvalue weighted by atomic mass is 15.2. The Morgan fingerprint density at radius 1 is 0.265 bits per heavy atom. The Hall–Kier alpha value is -9.26. The first-order chi connectivity index (χ1) is 33.7. The first kappa shape index (κ1) is 39.1. The van der Waals surface area contributed by atoms with Crippen LogP contribution in [0, 0.1) is 0 Å². The Balaban J connectivity index is 1.04. The van der Waals surface area contributed by atoms with E-state index in [4.69, 9.17) is 19.9 Å². The Bertz CT molecular complexity index is 3950. The Morgan fingerprint density at radius 3 is 1.34 bits per heavy atom. The van der Waals surface area contributed by atoms with Crippen molar-refractivity contribution in [1.82, 2.24) is 29.1 Å². The molecule has 0 spiro atoms. The van der Waals surface area contributed by atoms with Crippen molar-refractivity contribution in [1.29, 1.82) is 0 Å². The van der Waals surface area contributed by atoms with E-state index >= 15 is 0 Å². The molecule has 0 fully saturated rings. The average molecular weight is 869 g/mol. The predicted octanol–water partition coefficient (Wildman–Crippen LogP) is 15.5. The monoisotopic (exact) mass is 868 g/mol. The van der Waals surface area contributed by atoms with Gasteiger partial charge in [0, 0.05) is 49.4 Å². The number of fused-ring (bicyclic) bond motifs is 7. The average Bonchev–Trinajstić information content (AvgIpc) is 3.94. The van der Waals surface area contributed by atoms with E-state index in [0.717, 1.165) is 94.2 Å². The highest BCUT2D eigenvalue weighted by molar-refractivity contribution is 6.29. The van der Waals surface area contributed by atoms with E-state index in [1.807, 2.05) is 36.4 Å². The van der Waals surface area contributed by atoms with E-state index in [9.17, 15) is 0 Å². The smallest absolute Gasteiger partial charge is 0.238 e. The number of pyridine rings is 1. The van der Waals surface area contributed by atoms with Gasteiger partial charge in [-0.3, -0.25) is 4.57 Å². The van der Waals surface area contributed by atoms with E-state index in [2.05, 4.69) is 215 Å². The van der Waals surface area contributed by atoms with Crippen LogP contribution in [-0.4, -0.2) is 29.1 Å². The minimum atomic E-state index is 0.564. The molecule has 9 aromatic carbocycles. The molecule has 0 aliphatic heterocycles. The molecule has 0 aliphatic rings. The maximum absolute atomic E-state index is 5.34. The van der Waals surface area contributed by atoms with Crippen LogP contribution >= 0.6 is 0 Å². The second-order valence-corrected chi connectivity index (χ2v) is 17.0. The second kappa shape index (κ2) is 16.3. The fourth-order valence-corrected chi connectivity index (χ4v) is 9.88. The fraction of sp³-hybridized carbons (Fsp3) is 0. The highest BCUT2D eigenvalue weighted by Gasteiger charge is 2.24. The lowest BCUT2D eigenvalue weighted by Crippen LogP contribution is -2.06. The molecule has 0 radical (unpaired) electrons. The molecule has 6 nitrogen and oxygen atoms in total. The summed E-state index contributed by atoms with van der Waals surface area (Å²) in [6.07, 6.45) is 0. The van der Waals surface area contributed by atoms with Crippen LogP contribution in [-0.2, 0) is 0 Å². The van der Waals surface area contributed by atoms with Gasteiger partial charge < -0.3 is 4.57 Å². The van der Waals surface area contributed by atoms with Gasteiger partial charge in [-0.2, -0.15) is 9.97 Å². The van der Waals surface area contributed by atoms with Gasteiger partial charge in [0.05, 0.1) is 39.1 Å². The predicted molar refractivity (Wildman–Crippen MR) is 279 cm³/mol. The molecular formula is C62H40N6. The van der Waals surface area contributed by atoms with Gasteiger partial charge in [-0.15, -0.1) is 0 Å². The molecule has 318 valence electrons. The third-order valence-electron chi connectivity index (χ3n) is 13.0. The van der Waals surface area contributed by atoms with Crippen LogP contribution in [0.4, 0.5) is 0 Å². The van der Waals surface area contributed by atoms with Crippen LogP contribution in [0.5, 0.6) is 0 Å². The van der Waals surface area contributed by atoms with Crippen molar-refractivity contribution < 1.29 is 0 Å². The van der Waals surface area contributed by atoms with Crippen LogP contribution < -0.4 is 0 Å². The van der Waals surface area contributed by atoms with Crippen LogP contribution in [0.2, 0.25) is 0 Å². The standard InChI is InChI=1S/C62H40N6/c1-5-20-41(21-6-1)45-28-19-29-46(38-45)52-40-47(39-51(63-52)42-22-7-2-8-23-42)48-30-13-16-33-53(48)67-54-34-17-14-31-49(54)58-56(67)36-37-57-59(58)50-32-15-18-35-55(50)68(57)62-65-60(43-24-9-3-10-25-43)64-61(66-62)44-26-11-4-12-27-44/h1-40H. The van der Waals surface area contributed by atoms with E-state index in [0.29, 0.717) is 17.6 Å². The largest absolute Gasteiger partial charge is 0.309 e. The summed E-state index contributed by atoms with van der Waals surface area (Å²) in [6, 6.07) is 85.2. The molecule has 0 amide bonds. The van der Waals surface area contributed by atoms with Crippen molar-refractivity contribution in [2.45, 2.75) is 0 Å². The number of hydrogen-bond acceptors (Lipinski definition) is 4. The van der Waals surface area contributed by atoms with Gasteiger partial charge in [-0.25, -0.2) is 9.97 Å². The SMILES string of the molecule is c1ccc(-c2cccc(-c3cc(-c4ccccc4-n4c5ccccc5c5c6c7ccccc7n(-c7nc(-c8ccccc8)nc(-c8ccccc8)n7)c6ccc54)cc(-c4ccccc4)n3)c2)cc1. The first-order valence-corrected chi connectivity index (χ1v) is 22.9. The fourth-order valence-electron chi connectivity index (χ4n) is 9.88. The number of rotatable bonds is 8. The molecule has 0 saturated carbocycles.